The normalized spacial score (nSPS) is 10.7. The summed E-state index contributed by atoms with van der Waals surface area (Å²) in [5, 5.41) is 0. The third-order valence-electron chi connectivity index (χ3n) is 4.51. The van der Waals surface area contributed by atoms with Crippen LogP contribution >= 0.6 is 15.9 Å². The number of hydrogen-bond donors (Lipinski definition) is 0. The molecular formula is C25H21BrO5. The number of hydrogen-bond acceptors (Lipinski definition) is 5. The predicted octanol–water partition coefficient (Wildman–Crippen LogP) is 5.72. The van der Waals surface area contributed by atoms with E-state index in [4.69, 9.17) is 14.2 Å². The Morgan fingerprint density at radius 1 is 0.871 bits per heavy atom. The number of carbonyl (C=O) groups is 2. The first kappa shape index (κ1) is 22.3. The van der Waals surface area contributed by atoms with Crippen LogP contribution in [-0.2, 0) is 11.3 Å². The summed E-state index contributed by atoms with van der Waals surface area (Å²) in [6, 6.07) is 19.7. The first-order chi connectivity index (χ1) is 15.0. The zero-order valence-electron chi connectivity index (χ0n) is 17.1. The van der Waals surface area contributed by atoms with Crippen LogP contribution in [-0.4, -0.2) is 26.0 Å². The van der Waals surface area contributed by atoms with Gasteiger partial charge in [0.25, 0.3) is 0 Å². The van der Waals surface area contributed by atoms with Crippen molar-refractivity contribution >= 4 is 33.8 Å². The van der Waals surface area contributed by atoms with E-state index in [0.29, 0.717) is 29.2 Å². The van der Waals surface area contributed by atoms with E-state index in [1.807, 2.05) is 30.3 Å². The molecule has 0 spiro atoms. The second-order valence-corrected chi connectivity index (χ2v) is 7.51. The zero-order valence-corrected chi connectivity index (χ0v) is 18.7. The number of benzene rings is 3. The molecule has 5 nitrogen and oxygen atoms in total. The molecule has 3 aromatic carbocycles. The van der Waals surface area contributed by atoms with Gasteiger partial charge in [-0.15, -0.1) is 0 Å². The fourth-order valence-electron chi connectivity index (χ4n) is 2.81. The van der Waals surface area contributed by atoms with Crippen LogP contribution in [0.2, 0.25) is 0 Å². The molecule has 0 saturated heterocycles. The number of halogens is 1. The van der Waals surface area contributed by atoms with Gasteiger partial charge in [-0.2, -0.15) is 0 Å². The van der Waals surface area contributed by atoms with Gasteiger partial charge >= 0.3 is 5.97 Å². The first-order valence-corrected chi connectivity index (χ1v) is 10.3. The number of methoxy groups -OCH3 is 2. The molecule has 3 aromatic rings. The average Bonchev–Trinajstić information content (AvgIpc) is 2.81. The Kier molecular flexibility index (Phi) is 7.62. The molecule has 158 valence electrons. The molecule has 31 heavy (non-hydrogen) atoms. The van der Waals surface area contributed by atoms with Gasteiger partial charge in [-0.25, -0.2) is 4.79 Å². The third kappa shape index (κ3) is 6.06. The Bertz CT molecular complexity index is 1090. The van der Waals surface area contributed by atoms with Gasteiger partial charge in [-0.05, 0) is 65.7 Å². The topological polar surface area (TPSA) is 61.8 Å². The van der Waals surface area contributed by atoms with Crippen LogP contribution in [0.15, 0.2) is 77.3 Å². The second kappa shape index (κ2) is 10.6. The summed E-state index contributed by atoms with van der Waals surface area (Å²) < 4.78 is 16.9. The lowest BCUT2D eigenvalue weighted by molar-refractivity contribution is 0.0600. The van der Waals surface area contributed by atoms with Gasteiger partial charge < -0.3 is 14.2 Å². The van der Waals surface area contributed by atoms with E-state index in [1.54, 1.807) is 49.6 Å². The van der Waals surface area contributed by atoms with E-state index in [2.05, 4.69) is 15.9 Å². The largest absolute Gasteiger partial charge is 0.493 e. The fraction of sp³-hybridized carbons (Fsp3) is 0.120. The maximum atomic E-state index is 12.3. The second-order valence-electron chi connectivity index (χ2n) is 6.59. The van der Waals surface area contributed by atoms with Crippen LogP contribution in [0, 0.1) is 0 Å². The van der Waals surface area contributed by atoms with Crippen molar-refractivity contribution in [2.24, 2.45) is 0 Å². The molecule has 0 amide bonds. The highest BCUT2D eigenvalue weighted by molar-refractivity contribution is 9.10. The highest BCUT2D eigenvalue weighted by Crippen LogP contribution is 2.29. The molecule has 6 heteroatoms. The van der Waals surface area contributed by atoms with Crippen molar-refractivity contribution in [3.63, 3.8) is 0 Å². The Hall–Kier alpha value is -3.38. The zero-order chi connectivity index (χ0) is 22.2. The first-order valence-electron chi connectivity index (χ1n) is 9.46. The maximum absolute atomic E-state index is 12.3. The van der Waals surface area contributed by atoms with Gasteiger partial charge in [0.1, 0.15) is 6.61 Å². The van der Waals surface area contributed by atoms with Crippen LogP contribution < -0.4 is 9.47 Å². The quantitative estimate of drug-likeness (QED) is 0.234. The SMILES string of the molecule is COC(=O)c1ccc(COc2ccc(C=CC(=O)c3ccc(Br)cc3)cc2OC)cc1. The number of allylic oxidation sites excluding steroid dienone is 1. The summed E-state index contributed by atoms with van der Waals surface area (Å²) in [4.78, 5) is 23.8. The Morgan fingerprint density at radius 2 is 1.55 bits per heavy atom. The van der Waals surface area contributed by atoms with Crippen LogP contribution in [0.4, 0.5) is 0 Å². The third-order valence-corrected chi connectivity index (χ3v) is 5.04. The number of rotatable bonds is 8. The summed E-state index contributed by atoms with van der Waals surface area (Å²) in [5.41, 5.74) is 2.82. The summed E-state index contributed by atoms with van der Waals surface area (Å²) >= 11 is 3.36. The lowest BCUT2D eigenvalue weighted by Crippen LogP contribution is -2.02. The molecule has 0 aliphatic heterocycles. The fourth-order valence-corrected chi connectivity index (χ4v) is 3.07. The number of ketones is 1. The van der Waals surface area contributed by atoms with Gasteiger partial charge in [0.15, 0.2) is 17.3 Å². The Morgan fingerprint density at radius 3 is 2.19 bits per heavy atom. The van der Waals surface area contributed by atoms with Crippen LogP contribution in [0.25, 0.3) is 6.08 Å². The Balaban J connectivity index is 1.66. The number of esters is 1. The van der Waals surface area contributed by atoms with Gasteiger partial charge in [0, 0.05) is 10.0 Å². The monoisotopic (exact) mass is 480 g/mol. The smallest absolute Gasteiger partial charge is 0.337 e. The summed E-state index contributed by atoms with van der Waals surface area (Å²) in [6.45, 7) is 0.315. The molecule has 0 radical (unpaired) electrons. The van der Waals surface area contributed by atoms with E-state index in [1.165, 1.54) is 13.2 Å². The molecule has 0 bridgehead atoms. The van der Waals surface area contributed by atoms with E-state index in [0.717, 1.165) is 15.6 Å². The molecule has 0 unspecified atom stereocenters. The van der Waals surface area contributed by atoms with E-state index < -0.39 is 0 Å². The minimum Gasteiger partial charge on any atom is -0.493 e. The summed E-state index contributed by atoms with van der Waals surface area (Å²) in [5.74, 6) is 0.680. The van der Waals surface area contributed by atoms with Crippen LogP contribution in [0.1, 0.15) is 31.8 Å². The van der Waals surface area contributed by atoms with Crippen molar-refractivity contribution in [3.05, 3.63) is 99.5 Å². The van der Waals surface area contributed by atoms with Crippen molar-refractivity contribution < 1.29 is 23.8 Å². The van der Waals surface area contributed by atoms with Crippen molar-refractivity contribution in [1.29, 1.82) is 0 Å². The minimum atomic E-state index is -0.378. The molecule has 0 aliphatic carbocycles. The number of ether oxygens (including phenoxy) is 3. The Labute approximate surface area is 189 Å². The van der Waals surface area contributed by atoms with Crippen molar-refractivity contribution in [1.82, 2.24) is 0 Å². The van der Waals surface area contributed by atoms with Crippen molar-refractivity contribution in [2.45, 2.75) is 6.61 Å². The van der Waals surface area contributed by atoms with Gasteiger partial charge in [0.2, 0.25) is 0 Å². The molecule has 0 heterocycles. The number of carbonyl (C=O) groups excluding carboxylic acids is 2. The van der Waals surface area contributed by atoms with Crippen molar-refractivity contribution in [3.8, 4) is 11.5 Å². The van der Waals surface area contributed by atoms with Crippen LogP contribution in [0.3, 0.4) is 0 Å². The van der Waals surface area contributed by atoms with Gasteiger partial charge in [0.05, 0.1) is 19.8 Å². The highest BCUT2D eigenvalue weighted by atomic mass is 79.9. The summed E-state index contributed by atoms with van der Waals surface area (Å²) in [7, 11) is 2.91. The molecular weight excluding hydrogens is 460 g/mol. The van der Waals surface area contributed by atoms with E-state index >= 15 is 0 Å². The van der Waals surface area contributed by atoms with Gasteiger partial charge in [-0.1, -0.05) is 40.2 Å². The van der Waals surface area contributed by atoms with Crippen molar-refractivity contribution in [2.75, 3.05) is 14.2 Å². The summed E-state index contributed by atoms with van der Waals surface area (Å²) in [6.07, 6.45) is 3.27. The minimum absolute atomic E-state index is 0.0813. The molecule has 0 fully saturated rings. The molecule has 3 rings (SSSR count). The van der Waals surface area contributed by atoms with E-state index in [9.17, 15) is 9.59 Å². The van der Waals surface area contributed by atoms with Crippen LogP contribution in [0.5, 0.6) is 11.5 Å². The molecule has 0 N–H and O–H groups in total. The standard InChI is InChI=1S/C25H21BrO5/c1-29-24-15-17(5-13-22(27)19-9-11-21(26)12-10-19)6-14-23(24)31-16-18-3-7-20(8-4-18)25(28)30-2/h3-15H,16H2,1-2H3. The predicted molar refractivity (Wildman–Crippen MR) is 123 cm³/mol. The lowest BCUT2D eigenvalue weighted by Gasteiger charge is -2.11. The molecule has 0 saturated carbocycles. The molecule has 0 atom stereocenters. The molecule has 0 aliphatic rings. The molecule has 0 aromatic heterocycles. The maximum Gasteiger partial charge on any atom is 0.337 e. The van der Waals surface area contributed by atoms with E-state index in [-0.39, 0.29) is 11.8 Å². The average molecular weight is 481 g/mol. The highest BCUT2D eigenvalue weighted by Gasteiger charge is 2.08. The lowest BCUT2D eigenvalue weighted by atomic mass is 10.1. The van der Waals surface area contributed by atoms with Gasteiger partial charge in [-0.3, -0.25) is 4.79 Å².